The van der Waals surface area contributed by atoms with E-state index in [9.17, 15) is 10.1 Å². The minimum Gasteiger partial charge on any atom is -0.490 e. The molecule has 158 valence electrons. The summed E-state index contributed by atoms with van der Waals surface area (Å²) in [5, 5.41) is 13.2. The number of halogens is 3. The van der Waals surface area contributed by atoms with Gasteiger partial charge in [-0.2, -0.15) is 5.26 Å². The van der Waals surface area contributed by atoms with Crippen molar-refractivity contribution in [3.63, 3.8) is 0 Å². The van der Waals surface area contributed by atoms with Gasteiger partial charge in [0.15, 0.2) is 11.5 Å². The summed E-state index contributed by atoms with van der Waals surface area (Å²) in [6.07, 6.45) is 1.45. The molecule has 0 heterocycles. The zero-order valence-corrected chi connectivity index (χ0v) is 19.0. The van der Waals surface area contributed by atoms with Crippen molar-refractivity contribution in [1.29, 1.82) is 5.26 Å². The number of carbonyl (C=O) groups is 1. The number of benzene rings is 2. The number of hydrogen-bond acceptors (Lipinski definition) is 4. The third-order valence-electron chi connectivity index (χ3n) is 3.79. The van der Waals surface area contributed by atoms with Crippen LogP contribution in [0.15, 0.2) is 35.9 Å². The predicted octanol–water partition coefficient (Wildman–Crippen LogP) is 6.06. The van der Waals surface area contributed by atoms with Crippen molar-refractivity contribution in [3.05, 3.63) is 62.1 Å². The van der Waals surface area contributed by atoms with Crippen molar-refractivity contribution in [2.75, 3.05) is 6.61 Å². The van der Waals surface area contributed by atoms with Crippen LogP contribution < -0.4 is 14.8 Å². The largest absolute Gasteiger partial charge is 0.490 e. The fourth-order valence-electron chi connectivity index (χ4n) is 2.51. The molecule has 0 atom stereocenters. The number of rotatable bonds is 8. The molecule has 0 unspecified atom stereocenters. The van der Waals surface area contributed by atoms with E-state index in [0.717, 1.165) is 5.56 Å². The molecule has 0 spiro atoms. The van der Waals surface area contributed by atoms with Crippen molar-refractivity contribution < 1.29 is 14.3 Å². The molecule has 0 aliphatic carbocycles. The first-order valence-corrected chi connectivity index (χ1v) is 10.3. The summed E-state index contributed by atoms with van der Waals surface area (Å²) in [5.41, 5.74) is 1.32. The van der Waals surface area contributed by atoms with Crippen LogP contribution in [0.1, 0.15) is 31.9 Å². The second-order valence-electron chi connectivity index (χ2n) is 6.60. The monoisotopic (exact) mass is 466 g/mol. The van der Waals surface area contributed by atoms with Gasteiger partial charge in [-0.05, 0) is 62.2 Å². The Labute approximate surface area is 191 Å². The van der Waals surface area contributed by atoms with E-state index >= 15 is 0 Å². The molecule has 0 aliphatic heterocycles. The fourth-order valence-corrected chi connectivity index (χ4v) is 3.11. The van der Waals surface area contributed by atoms with Gasteiger partial charge < -0.3 is 14.8 Å². The first-order chi connectivity index (χ1) is 14.2. The van der Waals surface area contributed by atoms with Gasteiger partial charge in [-0.25, -0.2) is 0 Å². The average molecular weight is 468 g/mol. The third kappa shape index (κ3) is 6.56. The molecule has 0 aliphatic rings. The first-order valence-electron chi connectivity index (χ1n) is 9.20. The maximum atomic E-state index is 12.2. The van der Waals surface area contributed by atoms with Gasteiger partial charge >= 0.3 is 0 Å². The number of nitrogens with one attached hydrogen (secondary N) is 1. The quantitative estimate of drug-likeness (QED) is 0.378. The second-order valence-corrected chi connectivity index (χ2v) is 7.82. The highest BCUT2D eigenvalue weighted by atomic mass is 35.5. The Balaban J connectivity index is 2.32. The van der Waals surface area contributed by atoms with E-state index in [4.69, 9.17) is 44.3 Å². The average Bonchev–Trinajstić information content (AvgIpc) is 2.67. The highest BCUT2D eigenvalue weighted by molar-refractivity contribution is 6.42. The summed E-state index contributed by atoms with van der Waals surface area (Å²) < 4.78 is 11.5. The summed E-state index contributed by atoms with van der Waals surface area (Å²) in [6.45, 7) is 6.04. The van der Waals surface area contributed by atoms with E-state index in [0.29, 0.717) is 33.7 Å². The Morgan fingerprint density at radius 2 is 1.87 bits per heavy atom. The zero-order chi connectivity index (χ0) is 22.3. The van der Waals surface area contributed by atoms with E-state index in [2.05, 4.69) is 5.32 Å². The number of amides is 1. The molecule has 2 rings (SSSR count). The number of nitrogens with zero attached hydrogens (tertiary/aromatic N) is 1. The van der Waals surface area contributed by atoms with E-state index in [-0.39, 0.29) is 23.2 Å². The van der Waals surface area contributed by atoms with Gasteiger partial charge in [0, 0.05) is 6.04 Å². The summed E-state index contributed by atoms with van der Waals surface area (Å²) in [4.78, 5) is 12.2. The zero-order valence-electron chi connectivity index (χ0n) is 16.8. The van der Waals surface area contributed by atoms with Crippen LogP contribution in [-0.4, -0.2) is 18.6 Å². The lowest BCUT2D eigenvalue weighted by Gasteiger charge is -2.15. The molecule has 0 aromatic heterocycles. The van der Waals surface area contributed by atoms with Crippen molar-refractivity contribution in [1.82, 2.24) is 5.32 Å². The number of nitriles is 1. The third-order valence-corrected chi connectivity index (χ3v) is 4.81. The van der Waals surface area contributed by atoms with Crippen LogP contribution >= 0.6 is 34.8 Å². The van der Waals surface area contributed by atoms with E-state index in [1.165, 1.54) is 6.08 Å². The predicted molar refractivity (Wildman–Crippen MR) is 120 cm³/mol. The molecule has 0 fully saturated rings. The fraction of sp³-hybridized carbons (Fsp3) is 0.273. The van der Waals surface area contributed by atoms with Gasteiger partial charge in [0.25, 0.3) is 5.91 Å². The van der Waals surface area contributed by atoms with Crippen molar-refractivity contribution in [3.8, 4) is 17.6 Å². The van der Waals surface area contributed by atoms with Gasteiger partial charge in [-0.15, -0.1) is 0 Å². The van der Waals surface area contributed by atoms with Crippen LogP contribution in [0.3, 0.4) is 0 Å². The SMILES string of the molecule is CCOc1cc(/C=C(/C#N)C(=O)NC(C)C)cc(Cl)c1OCc1ccc(Cl)c(Cl)c1. The lowest BCUT2D eigenvalue weighted by molar-refractivity contribution is -0.117. The van der Waals surface area contributed by atoms with Crippen LogP contribution in [-0.2, 0) is 11.4 Å². The standard InChI is InChI=1S/C22H21Cl3N2O3/c1-4-29-20-10-15(7-16(11-26)22(28)27-13(2)3)9-19(25)21(20)30-12-14-5-6-17(23)18(24)8-14/h5-10,13H,4,12H2,1-3H3,(H,27,28)/b16-7-. The van der Waals surface area contributed by atoms with E-state index in [1.54, 1.807) is 30.3 Å². The molecule has 0 bridgehead atoms. The molecule has 2 aromatic rings. The van der Waals surface area contributed by atoms with Crippen LogP contribution in [0.25, 0.3) is 6.08 Å². The van der Waals surface area contributed by atoms with Crippen LogP contribution in [0.4, 0.5) is 0 Å². The van der Waals surface area contributed by atoms with Crippen molar-refractivity contribution in [2.45, 2.75) is 33.4 Å². The molecule has 1 amide bonds. The molecule has 0 saturated heterocycles. The van der Waals surface area contributed by atoms with Gasteiger partial charge in [0.1, 0.15) is 18.2 Å². The minimum absolute atomic E-state index is 0.0355. The Hall–Kier alpha value is -2.39. The Morgan fingerprint density at radius 1 is 1.13 bits per heavy atom. The van der Waals surface area contributed by atoms with Gasteiger partial charge in [-0.3, -0.25) is 4.79 Å². The summed E-state index contributed by atoms with van der Waals surface area (Å²) in [6, 6.07) is 10.3. The molecule has 1 N–H and O–H groups in total. The highest BCUT2D eigenvalue weighted by Crippen LogP contribution is 2.38. The molecule has 5 nitrogen and oxygen atoms in total. The topological polar surface area (TPSA) is 71.3 Å². The van der Waals surface area contributed by atoms with Gasteiger partial charge in [0.05, 0.1) is 21.7 Å². The molecule has 0 saturated carbocycles. The maximum absolute atomic E-state index is 12.2. The molecule has 0 radical (unpaired) electrons. The van der Waals surface area contributed by atoms with Gasteiger partial charge in [0.2, 0.25) is 0 Å². The van der Waals surface area contributed by atoms with E-state index < -0.39 is 5.91 Å². The maximum Gasteiger partial charge on any atom is 0.262 e. The number of ether oxygens (including phenoxy) is 2. The lowest BCUT2D eigenvalue weighted by atomic mass is 10.1. The second kappa shape index (κ2) is 11.1. The van der Waals surface area contributed by atoms with Crippen LogP contribution in [0.5, 0.6) is 11.5 Å². The minimum atomic E-state index is -0.457. The summed E-state index contributed by atoms with van der Waals surface area (Å²) in [5.74, 6) is 0.297. The molecule has 30 heavy (non-hydrogen) atoms. The summed E-state index contributed by atoms with van der Waals surface area (Å²) in [7, 11) is 0. The molecule has 2 aromatic carbocycles. The van der Waals surface area contributed by atoms with E-state index in [1.807, 2.05) is 26.8 Å². The van der Waals surface area contributed by atoms with Crippen molar-refractivity contribution >= 4 is 46.8 Å². The summed E-state index contributed by atoms with van der Waals surface area (Å²) >= 11 is 18.4. The Kier molecular flexibility index (Phi) is 8.86. The normalized spacial score (nSPS) is 11.2. The Morgan fingerprint density at radius 3 is 2.47 bits per heavy atom. The molecule has 8 heteroatoms. The Bertz CT molecular complexity index is 998. The van der Waals surface area contributed by atoms with Gasteiger partial charge in [-0.1, -0.05) is 40.9 Å². The van der Waals surface area contributed by atoms with Crippen LogP contribution in [0.2, 0.25) is 15.1 Å². The highest BCUT2D eigenvalue weighted by Gasteiger charge is 2.15. The number of carbonyl (C=O) groups excluding carboxylic acids is 1. The number of hydrogen-bond donors (Lipinski definition) is 1. The molecular weight excluding hydrogens is 447 g/mol. The lowest BCUT2D eigenvalue weighted by Crippen LogP contribution is -2.30. The van der Waals surface area contributed by atoms with Crippen molar-refractivity contribution in [2.24, 2.45) is 0 Å². The molecular formula is C22H21Cl3N2O3. The van der Waals surface area contributed by atoms with Crippen LogP contribution in [0, 0.1) is 11.3 Å². The smallest absolute Gasteiger partial charge is 0.262 e. The first kappa shape index (κ1) is 23.9.